The number of rotatable bonds is 2. The summed E-state index contributed by atoms with van der Waals surface area (Å²) >= 11 is 6.71. The van der Waals surface area contributed by atoms with Crippen molar-refractivity contribution >= 4 is 28.2 Å². The van der Waals surface area contributed by atoms with E-state index in [0.29, 0.717) is 67.3 Å². The standard InChI is InChI=1S/C28H15ClN4O5/c29-17-7-3-1-5-15(17)21-22-24(16-6-2-4-8-18(16)37-28(22)34)38-27-23(21)26-31-25(32-33(26)12-30-27)14-9-10-19-20(11-14)36-13-35-19/h1-12,21H,13H2. The van der Waals surface area contributed by atoms with Crippen LogP contribution in [-0.2, 0) is 0 Å². The second-order valence-corrected chi connectivity index (χ2v) is 9.33. The molecule has 6 aromatic rings. The Balaban J connectivity index is 1.41. The molecule has 0 spiro atoms. The van der Waals surface area contributed by atoms with Crippen molar-refractivity contribution in [1.29, 1.82) is 0 Å². The average molecular weight is 523 g/mol. The molecule has 9 nitrogen and oxygen atoms in total. The minimum absolute atomic E-state index is 0.169. The van der Waals surface area contributed by atoms with Crippen molar-refractivity contribution in [1.82, 2.24) is 19.6 Å². The van der Waals surface area contributed by atoms with Gasteiger partial charge in [0.1, 0.15) is 11.9 Å². The van der Waals surface area contributed by atoms with E-state index in [1.165, 1.54) is 0 Å². The molecule has 3 aromatic heterocycles. The Kier molecular flexibility index (Phi) is 4.36. The Hall–Kier alpha value is -4.89. The number of hydrogen-bond donors (Lipinski definition) is 0. The molecule has 0 amide bonds. The summed E-state index contributed by atoms with van der Waals surface area (Å²) in [6, 6.07) is 20.1. The number of nitrogens with zero attached hydrogens (tertiary/aromatic N) is 4. The highest BCUT2D eigenvalue weighted by atomic mass is 35.5. The van der Waals surface area contributed by atoms with Crippen LogP contribution in [0.4, 0.5) is 0 Å². The second-order valence-electron chi connectivity index (χ2n) is 8.92. The molecule has 2 aliphatic rings. The molecule has 1 atom stereocenters. The number of benzene rings is 3. The highest BCUT2D eigenvalue weighted by Crippen LogP contribution is 2.50. The number of aromatic nitrogens is 4. The van der Waals surface area contributed by atoms with Crippen LogP contribution >= 0.6 is 11.6 Å². The van der Waals surface area contributed by atoms with Crippen LogP contribution in [0.5, 0.6) is 23.1 Å². The van der Waals surface area contributed by atoms with E-state index in [4.69, 9.17) is 35.2 Å². The van der Waals surface area contributed by atoms with Crippen molar-refractivity contribution in [3.63, 3.8) is 0 Å². The maximum atomic E-state index is 13.5. The lowest BCUT2D eigenvalue weighted by atomic mass is 9.84. The van der Waals surface area contributed by atoms with Gasteiger partial charge >= 0.3 is 5.63 Å². The molecule has 184 valence electrons. The van der Waals surface area contributed by atoms with Crippen molar-refractivity contribution in [3.05, 3.63) is 105 Å². The Morgan fingerprint density at radius 2 is 1.79 bits per heavy atom. The third-order valence-corrected chi connectivity index (χ3v) is 7.15. The zero-order valence-electron chi connectivity index (χ0n) is 19.4. The van der Waals surface area contributed by atoms with Gasteiger partial charge in [-0.05, 0) is 42.0 Å². The Morgan fingerprint density at radius 1 is 0.947 bits per heavy atom. The summed E-state index contributed by atoms with van der Waals surface area (Å²) in [6.07, 6.45) is 1.54. The van der Waals surface area contributed by atoms with Crippen LogP contribution in [0.2, 0.25) is 5.02 Å². The summed E-state index contributed by atoms with van der Waals surface area (Å²) in [4.78, 5) is 22.9. The van der Waals surface area contributed by atoms with Gasteiger partial charge in [-0.2, -0.15) is 0 Å². The monoisotopic (exact) mass is 522 g/mol. The molecule has 0 saturated heterocycles. The summed E-state index contributed by atoms with van der Waals surface area (Å²) < 4.78 is 24.6. The van der Waals surface area contributed by atoms with Crippen molar-refractivity contribution in [2.75, 3.05) is 6.79 Å². The first-order valence-corrected chi connectivity index (χ1v) is 12.2. The lowest BCUT2D eigenvalue weighted by molar-refractivity contribution is 0.174. The molecule has 3 aromatic carbocycles. The molecule has 0 aliphatic carbocycles. The fourth-order valence-electron chi connectivity index (χ4n) is 5.11. The zero-order valence-corrected chi connectivity index (χ0v) is 20.2. The number of para-hydroxylation sites is 1. The van der Waals surface area contributed by atoms with Crippen LogP contribution in [0.25, 0.3) is 28.0 Å². The predicted molar refractivity (Wildman–Crippen MR) is 137 cm³/mol. The summed E-state index contributed by atoms with van der Waals surface area (Å²) in [5, 5.41) is 5.80. The quantitative estimate of drug-likeness (QED) is 0.272. The molecule has 0 N–H and O–H groups in total. The number of fused-ring (bicyclic) bond motifs is 7. The highest BCUT2D eigenvalue weighted by molar-refractivity contribution is 6.31. The first-order chi connectivity index (χ1) is 18.7. The van der Waals surface area contributed by atoms with E-state index in [0.717, 1.165) is 5.56 Å². The largest absolute Gasteiger partial charge is 0.454 e. The molecular weight excluding hydrogens is 508 g/mol. The third kappa shape index (κ3) is 2.99. The molecule has 5 heterocycles. The molecule has 0 saturated carbocycles. The normalized spacial score (nSPS) is 15.3. The minimum Gasteiger partial charge on any atom is -0.454 e. The topological polar surface area (TPSA) is 101 Å². The molecule has 0 radical (unpaired) electrons. The third-order valence-electron chi connectivity index (χ3n) is 6.81. The van der Waals surface area contributed by atoms with Crippen molar-refractivity contribution in [2.24, 2.45) is 0 Å². The maximum Gasteiger partial charge on any atom is 0.344 e. The minimum atomic E-state index is -0.659. The molecule has 10 heteroatoms. The second kappa shape index (κ2) is 7.80. The summed E-state index contributed by atoms with van der Waals surface area (Å²) in [6.45, 7) is 0.169. The van der Waals surface area contributed by atoms with Crippen LogP contribution in [0.1, 0.15) is 22.6 Å². The lowest BCUT2D eigenvalue weighted by Gasteiger charge is -2.27. The van der Waals surface area contributed by atoms with Gasteiger partial charge in [0.2, 0.25) is 12.7 Å². The van der Waals surface area contributed by atoms with Crippen molar-refractivity contribution in [3.8, 4) is 34.5 Å². The highest BCUT2D eigenvalue weighted by Gasteiger charge is 2.38. The van der Waals surface area contributed by atoms with E-state index in [-0.39, 0.29) is 6.79 Å². The van der Waals surface area contributed by atoms with Gasteiger partial charge in [0.25, 0.3) is 0 Å². The molecule has 0 fully saturated rings. The SMILES string of the molecule is O=c1oc2ccccc2c2c1C(c1ccccc1Cl)c1c(ncn3nc(-c4ccc5c(c4)OCO5)nc13)O2. The number of hydrogen-bond acceptors (Lipinski definition) is 8. The van der Waals surface area contributed by atoms with Crippen LogP contribution in [0.15, 0.2) is 82.3 Å². The van der Waals surface area contributed by atoms with Crippen LogP contribution in [-0.4, -0.2) is 26.4 Å². The molecular formula is C28H15ClN4O5. The summed E-state index contributed by atoms with van der Waals surface area (Å²) in [5.74, 6) is 1.79. The van der Waals surface area contributed by atoms with E-state index in [1.807, 2.05) is 48.5 Å². The van der Waals surface area contributed by atoms with Gasteiger partial charge in [0, 0.05) is 10.6 Å². The van der Waals surface area contributed by atoms with E-state index >= 15 is 0 Å². The van der Waals surface area contributed by atoms with Crippen LogP contribution < -0.4 is 19.8 Å². The van der Waals surface area contributed by atoms with Crippen LogP contribution in [0, 0.1) is 0 Å². The number of ether oxygens (including phenoxy) is 3. The first-order valence-electron chi connectivity index (χ1n) is 11.8. The summed E-state index contributed by atoms with van der Waals surface area (Å²) in [7, 11) is 0. The molecule has 2 aliphatic heterocycles. The Labute approximate surface area is 218 Å². The van der Waals surface area contributed by atoms with Gasteiger partial charge < -0.3 is 18.6 Å². The van der Waals surface area contributed by atoms with E-state index in [1.54, 1.807) is 29.0 Å². The average Bonchev–Trinajstić information content (AvgIpc) is 3.59. The van der Waals surface area contributed by atoms with E-state index in [9.17, 15) is 4.79 Å². The van der Waals surface area contributed by atoms with E-state index < -0.39 is 11.5 Å². The Bertz CT molecular complexity index is 2000. The predicted octanol–water partition coefficient (Wildman–Crippen LogP) is 5.57. The zero-order chi connectivity index (χ0) is 25.4. The smallest absolute Gasteiger partial charge is 0.344 e. The van der Waals surface area contributed by atoms with Crippen molar-refractivity contribution < 1.29 is 18.6 Å². The van der Waals surface area contributed by atoms with Gasteiger partial charge in [-0.15, -0.1) is 5.10 Å². The summed E-state index contributed by atoms with van der Waals surface area (Å²) in [5.41, 5.74) is 2.71. The van der Waals surface area contributed by atoms with Crippen molar-refractivity contribution in [2.45, 2.75) is 5.92 Å². The number of halogens is 1. The van der Waals surface area contributed by atoms with Gasteiger partial charge in [0.05, 0.1) is 22.4 Å². The Morgan fingerprint density at radius 3 is 2.71 bits per heavy atom. The molecule has 8 rings (SSSR count). The fraction of sp³-hybridized carbons (Fsp3) is 0.0714. The van der Waals surface area contributed by atoms with Gasteiger partial charge in [-0.3, -0.25) is 0 Å². The maximum absolute atomic E-state index is 13.5. The molecule has 0 bridgehead atoms. The molecule has 1 unspecified atom stereocenters. The van der Waals surface area contributed by atoms with Crippen LogP contribution in [0.3, 0.4) is 0 Å². The van der Waals surface area contributed by atoms with Gasteiger partial charge in [0.15, 0.2) is 28.7 Å². The van der Waals surface area contributed by atoms with Gasteiger partial charge in [-0.25, -0.2) is 19.3 Å². The first kappa shape index (κ1) is 21.2. The fourth-order valence-corrected chi connectivity index (χ4v) is 5.35. The van der Waals surface area contributed by atoms with E-state index in [2.05, 4.69) is 10.1 Å². The van der Waals surface area contributed by atoms with Gasteiger partial charge in [-0.1, -0.05) is 41.9 Å². The lowest BCUT2D eigenvalue weighted by Crippen LogP contribution is -2.22. The molecule has 38 heavy (non-hydrogen) atoms.